The Bertz CT molecular complexity index is 375. The summed E-state index contributed by atoms with van der Waals surface area (Å²) in [5.74, 6) is 0. The molecule has 0 spiro atoms. The van der Waals surface area contributed by atoms with Gasteiger partial charge in [0.15, 0.2) is 0 Å². The number of morpholine rings is 1. The predicted octanol–water partition coefficient (Wildman–Crippen LogP) is 1.62. The van der Waals surface area contributed by atoms with Crippen LogP contribution in [-0.4, -0.2) is 50.8 Å². The second kappa shape index (κ2) is 6.69. The first-order chi connectivity index (χ1) is 8.79. The van der Waals surface area contributed by atoms with E-state index in [-0.39, 0.29) is 0 Å². The molecule has 1 heterocycles. The monoisotopic (exact) mass is 246 g/mol. The summed E-state index contributed by atoms with van der Waals surface area (Å²) in [4.78, 5) is 2.42. The third kappa shape index (κ3) is 3.67. The molecular weight excluding hydrogens is 224 g/mol. The molecule has 1 atom stereocenters. The summed E-state index contributed by atoms with van der Waals surface area (Å²) in [7, 11) is 1.96. The Kier molecular flexibility index (Phi) is 4.93. The molecular formula is C15H22N2O. The highest BCUT2D eigenvalue weighted by atomic mass is 16.5. The fraction of sp³-hybridized carbons (Fsp3) is 0.467. The standard InChI is InChI=1S/C15H22N2O/c1-13(14-6-4-3-5-7-14)11-17-8-9-18-15(12-17)10-16-2/h3-7,15-16H,1,8-12H2,2H3. The van der Waals surface area contributed by atoms with Gasteiger partial charge in [0, 0.05) is 26.2 Å². The van der Waals surface area contributed by atoms with E-state index >= 15 is 0 Å². The molecule has 0 amide bonds. The largest absolute Gasteiger partial charge is 0.374 e. The van der Waals surface area contributed by atoms with Gasteiger partial charge in [0.25, 0.3) is 0 Å². The van der Waals surface area contributed by atoms with Gasteiger partial charge in [0.1, 0.15) is 0 Å². The third-order valence-corrected chi connectivity index (χ3v) is 3.25. The summed E-state index contributed by atoms with van der Waals surface area (Å²) in [5, 5.41) is 3.17. The van der Waals surface area contributed by atoms with Crippen molar-refractivity contribution in [1.82, 2.24) is 10.2 Å². The number of hydrogen-bond acceptors (Lipinski definition) is 3. The third-order valence-electron chi connectivity index (χ3n) is 3.25. The van der Waals surface area contributed by atoms with Gasteiger partial charge in [-0.15, -0.1) is 0 Å². The molecule has 1 aliphatic heterocycles. The first kappa shape index (κ1) is 13.3. The zero-order chi connectivity index (χ0) is 12.8. The summed E-state index contributed by atoms with van der Waals surface area (Å²) in [6.07, 6.45) is 0.298. The van der Waals surface area contributed by atoms with Crippen molar-refractivity contribution in [2.75, 3.05) is 39.8 Å². The number of likely N-dealkylation sites (N-methyl/N-ethyl adjacent to an activating group) is 1. The highest BCUT2D eigenvalue weighted by Crippen LogP contribution is 2.15. The lowest BCUT2D eigenvalue weighted by atomic mass is 10.1. The number of benzene rings is 1. The second-order valence-corrected chi connectivity index (χ2v) is 4.76. The number of nitrogens with zero attached hydrogens (tertiary/aromatic N) is 1. The quantitative estimate of drug-likeness (QED) is 0.854. The first-order valence-corrected chi connectivity index (χ1v) is 6.51. The van der Waals surface area contributed by atoms with E-state index in [1.54, 1.807) is 0 Å². The number of hydrogen-bond donors (Lipinski definition) is 1. The number of nitrogens with one attached hydrogen (secondary N) is 1. The molecule has 1 fully saturated rings. The topological polar surface area (TPSA) is 24.5 Å². The van der Waals surface area contributed by atoms with E-state index in [1.165, 1.54) is 11.1 Å². The minimum Gasteiger partial charge on any atom is -0.374 e. The fourth-order valence-electron chi connectivity index (χ4n) is 2.31. The predicted molar refractivity (Wildman–Crippen MR) is 75.6 cm³/mol. The summed E-state index contributed by atoms with van der Waals surface area (Å²) >= 11 is 0. The first-order valence-electron chi connectivity index (χ1n) is 6.51. The Balaban J connectivity index is 1.87. The molecule has 3 heteroatoms. The lowest BCUT2D eigenvalue weighted by Gasteiger charge is -2.33. The minimum absolute atomic E-state index is 0.298. The van der Waals surface area contributed by atoms with Crippen molar-refractivity contribution in [3.8, 4) is 0 Å². The van der Waals surface area contributed by atoms with Crippen LogP contribution in [0.1, 0.15) is 5.56 Å². The maximum absolute atomic E-state index is 5.70. The molecule has 1 unspecified atom stereocenters. The Morgan fingerprint density at radius 3 is 2.94 bits per heavy atom. The maximum Gasteiger partial charge on any atom is 0.0826 e. The van der Waals surface area contributed by atoms with Crippen LogP contribution in [0.4, 0.5) is 0 Å². The molecule has 0 aromatic heterocycles. The van der Waals surface area contributed by atoms with Crippen molar-refractivity contribution < 1.29 is 4.74 Å². The van der Waals surface area contributed by atoms with Crippen LogP contribution in [0.5, 0.6) is 0 Å². The maximum atomic E-state index is 5.70. The number of ether oxygens (including phenoxy) is 1. The van der Waals surface area contributed by atoms with Crippen molar-refractivity contribution in [1.29, 1.82) is 0 Å². The van der Waals surface area contributed by atoms with Gasteiger partial charge >= 0.3 is 0 Å². The van der Waals surface area contributed by atoms with E-state index in [1.807, 2.05) is 13.1 Å². The van der Waals surface area contributed by atoms with Gasteiger partial charge in [-0.2, -0.15) is 0 Å². The molecule has 0 aliphatic carbocycles. The molecule has 0 bridgehead atoms. The van der Waals surface area contributed by atoms with Crippen LogP contribution in [0.15, 0.2) is 36.9 Å². The van der Waals surface area contributed by atoms with Gasteiger partial charge in [0.2, 0.25) is 0 Å². The van der Waals surface area contributed by atoms with Crippen LogP contribution in [-0.2, 0) is 4.74 Å². The van der Waals surface area contributed by atoms with Gasteiger partial charge in [0.05, 0.1) is 12.7 Å². The molecule has 0 saturated carbocycles. The Morgan fingerprint density at radius 2 is 2.22 bits per heavy atom. The van der Waals surface area contributed by atoms with Crippen molar-refractivity contribution in [3.63, 3.8) is 0 Å². The molecule has 1 N–H and O–H groups in total. The normalized spacial score (nSPS) is 20.8. The van der Waals surface area contributed by atoms with Crippen LogP contribution >= 0.6 is 0 Å². The summed E-state index contributed by atoms with van der Waals surface area (Å²) in [6, 6.07) is 10.4. The van der Waals surface area contributed by atoms with E-state index in [4.69, 9.17) is 4.74 Å². The second-order valence-electron chi connectivity index (χ2n) is 4.76. The zero-order valence-electron chi connectivity index (χ0n) is 11.1. The lowest BCUT2D eigenvalue weighted by molar-refractivity contribution is -0.0215. The summed E-state index contributed by atoms with van der Waals surface area (Å²) in [6.45, 7) is 8.81. The zero-order valence-corrected chi connectivity index (χ0v) is 11.1. The Hall–Kier alpha value is -1.16. The van der Waals surface area contributed by atoms with Crippen LogP contribution in [0.25, 0.3) is 5.57 Å². The fourth-order valence-corrected chi connectivity index (χ4v) is 2.31. The van der Waals surface area contributed by atoms with Gasteiger partial charge in [-0.1, -0.05) is 36.9 Å². The van der Waals surface area contributed by atoms with Gasteiger partial charge < -0.3 is 10.1 Å². The minimum atomic E-state index is 0.298. The summed E-state index contributed by atoms with van der Waals surface area (Å²) in [5.41, 5.74) is 2.41. The highest BCUT2D eigenvalue weighted by Gasteiger charge is 2.20. The van der Waals surface area contributed by atoms with E-state index < -0.39 is 0 Å². The molecule has 3 nitrogen and oxygen atoms in total. The number of rotatable bonds is 5. The molecule has 1 aliphatic rings. The van der Waals surface area contributed by atoms with Crippen molar-refractivity contribution in [2.45, 2.75) is 6.10 Å². The molecule has 1 aromatic rings. The SMILES string of the molecule is C=C(CN1CCOC(CNC)C1)c1ccccc1. The highest BCUT2D eigenvalue weighted by molar-refractivity contribution is 5.64. The van der Waals surface area contributed by atoms with Crippen molar-refractivity contribution in [2.24, 2.45) is 0 Å². The van der Waals surface area contributed by atoms with Crippen LogP contribution in [0.2, 0.25) is 0 Å². The van der Waals surface area contributed by atoms with E-state index in [2.05, 4.69) is 41.1 Å². The smallest absolute Gasteiger partial charge is 0.0826 e. The molecule has 18 heavy (non-hydrogen) atoms. The van der Waals surface area contributed by atoms with E-state index in [0.717, 1.165) is 32.8 Å². The van der Waals surface area contributed by atoms with E-state index in [0.29, 0.717) is 6.10 Å². The van der Waals surface area contributed by atoms with Crippen molar-refractivity contribution >= 4 is 5.57 Å². The molecule has 1 saturated heterocycles. The average Bonchev–Trinajstić information content (AvgIpc) is 2.40. The van der Waals surface area contributed by atoms with Crippen LogP contribution < -0.4 is 5.32 Å². The van der Waals surface area contributed by atoms with Gasteiger partial charge in [-0.3, -0.25) is 4.90 Å². The molecule has 0 radical (unpaired) electrons. The van der Waals surface area contributed by atoms with Crippen LogP contribution in [0, 0.1) is 0 Å². The molecule has 1 aromatic carbocycles. The lowest BCUT2D eigenvalue weighted by Crippen LogP contribution is -2.46. The van der Waals surface area contributed by atoms with Crippen molar-refractivity contribution in [3.05, 3.63) is 42.5 Å². The van der Waals surface area contributed by atoms with Crippen LogP contribution in [0.3, 0.4) is 0 Å². The summed E-state index contributed by atoms with van der Waals surface area (Å²) < 4.78 is 5.70. The van der Waals surface area contributed by atoms with Gasteiger partial charge in [-0.05, 0) is 18.2 Å². The molecule has 98 valence electrons. The molecule has 2 rings (SSSR count). The average molecular weight is 246 g/mol. The van der Waals surface area contributed by atoms with Gasteiger partial charge in [-0.25, -0.2) is 0 Å². The Morgan fingerprint density at radius 1 is 1.44 bits per heavy atom. The Labute approximate surface area is 109 Å². The van der Waals surface area contributed by atoms with E-state index in [9.17, 15) is 0 Å².